The van der Waals surface area contributed by atoms with E-state index in [-0.39, 0.29) is 5.60 Å². The standard InChI is InChI=1S/C13H22N2O2/c1-5-17-11-8-6-7-10(12(11)14)15-9-13(2,3)16-4/h6-8,15H,5,9,14H2,1-4H3. The molecule has 0 aliphatic carbocycles. The molecule has 17 heavy (non-hydrogen) atoms. The van der Waals surface area contributed by atoms with Crippen molar-refractivity contribution in [3.63, 3.8) is 0 Å². The summed E-state index contributed by atoms with van der Waals surface area (Å²) in [6.07, 6.45) is 0. The number of nitrogens with two attached hydrogens (primary N) is 1. The molecular weight excluding hydrogens is 216 g/mol. The van der Waals surface area contributed by atoms with Crippen LogP contribution >= 0.6 is 0 Å². The monoisotopic (exact) mass is 238 g/mol. The van der Waals surface area contributed by atoms with Crippen molar-refractivity contribution in [2.75, 3.05) is 31.3 Å². The number of nitrogens with one attached hydrogen (secondary N) is 1. The SMILES string of the molecule is CCOc1cccc(NCC(C)(C)OC)c1N. The lowest BCUT2D eigenvalue weighted by Gasteiger charge is -2.24. The maximum atomic E-state index is 6.01. The minimum atomic E-state index is -0.228. The van der Waals surface area contributed by atoms with E-state index in [9.17, 15) is 0 Å². The van der Waals surface area contributed by atoms with Crippen molar-refractivity contribution in [1.29, 1.82) is 0 Å². The molecule has 0 heterocycles. The molecule has 0 spiro atoms. The summed E-state index contributed by atoms with van der Waals surface area (Å²) < 4.78 is 10.8. The van der Waals surface area contributed by atoms with Crippen molar-refractivity contribution in [3.8, 4) is 5.75 Å². The second-order valence-electron chi connectivity index (χ2n) is 4.47. The molecule has 1 aromatic rings. The van der Waals surface area contributed by atoms with Gasteiger partial charge in [-0.3, -0.25) is 0 Å². The molecule has 0 saturated heterocycles. The van der Waals surface area contributed by atoms with Crippen LogP contribution < -0.4 is 15.8 Å². The van der Waals surface area contributed by atoms with Crippen LogP contribution in [-0.2, 0) is 4.74 Å². The molecule has 96 valence electrons. The molecular formula is C13H22N2O2. The Balaban J connectivity index is 2.75. The van der Waals surface area contributed by atoms with Gasteiger partial charge in [0.2, 0.25) is 0 Å². The summed E-state index contributed by atoms with van der Waals surface area (Å²) in [6.45, 7) is 7.26. The molecule has 0 atom stereocenters. The number of hydrogen-bond donors (Lipinski definition) is 2. The van der Waals surface area contributed by atoms with Gasteiger partial charge in [-0.1, -0.05) is 6.07 Å². The van der Waals surface area contributed by atoms with Crippen molar-refractivity contribution in [2.45, 2.75) is 26.4 Å². The van der Waals surface area contributed by atoms with Gasteiger partial charge in [-0.15, -0.1) is 0 Å². The fourth-order valence-electron chi connectivity index (χ4n) is 1.36. The van der Waals surface area contributed by atoms with E-state index in [1.54, 1.807) is 7.11 Å². The smallest absolute Gasteiger partial charge is 0.144 e. The minimum absolute atomic E-state index is 0.228. The van der Waals surface area contributed by atoms with E-state index in [4.69, 9.17) is 15.2 Å². The number of nitrogen functional groups attached to an aromatic ring is 1. The minimum Gasteiger partial charge on any atom is -0.492 e. The van der Waals surface area contributed by atoms with E-state index in [1.165, 1.54) is 0 Å². The van der Waals surface area contributed by atoms with Gasteiger partial charge in [0.1, 0.15) is 5.75 Å². The zero-order valence-corrected chi connectivity index (χ0v) is 11.0. The molecule has 0 aliphatic rings. The first-order chi connectivity index (χ1) is 8.00. The maximum absolute atomic E-state index is 6.01. The largest absolute Gasteiger partial charge is 0.492 e. The molecule has 0 amide bonds. The molecule has 0 aromatic heterocycles. The van der Waals surface area contributed by atoms with Gasteiger partial charge < -0.3 is 20.5 Å². The highest BCUT2D eigenvalue weighted by Crippen LogP contribution is 2.29. The Bertz CT molecular complexity index is 364. The van der Waals surface area contributed by atoms with Crippen molar-refractivity contribution in [3.05, 3.63) is 18.2 Å². The third-order valence-corrected chi connectivity index (χ3v) is 2.62. The number of ether oxygens (including phenoxy) is 2. The van der Waals surface area contributed by atoms with E-state index in [0.29, 0.717) is 24.6 Å². The van der Waals surface area contributed by atoms with E-state index >= 15 is 0 Å². The highest BCUT2D eigenvalue weighted by atomic mass is 16.5. The number of rotatable bonds is 6. The predicted molar refractivity (Wildman–Crippen MR) is 71.6 cm³/mol. The number of methoxy groups -OCH3 is 1. The first-order valence-corrected chi connectivity index (χ1v) is 5.80. The lowest BCUT2D eigenvalue weighted by Crippen LogP contribution is -2.32. The van der Waals surface area contributed by atoms with Gasteiger partial charge in [-0.05, 0) is 32.9 Å². The molecule has 0 bridgehead atoms. The number of hydrogen-bond acceptors (Lipinski definition) is 4. The fourth-order valence-corrected chi connectivity index (χ4v) is 1.36. The van der Waals surface area contributed by atoms with Gasteiger partial charge in [-0.2, -0.15) is 0 Å². The van der Waals surface area contributed by atoms with Gasteiger partial charge in [-0.25, -0.2) is 0 Å². The van der Waals surface area contributed by atoms with Gasteiger partial charge in [0.05, 0.1) is 23.6 Å². The lowest BCUT2D eigenvalue weighted by atomic mass is 10.1. The highest BCUT2D eigenvalue weighted by molar-refractivity contribution is 5.72. The van der Waals surface area contributed by atoms with E-state index in [2.05, 4.69) is 5.32 Å². The van der Waals surface area contributed by atoms with Crippen LogP contribution in [0.25, 0.3) is 0 Å². The molecule has 0 radical (unpaired) electrons. The molecule has 4 nitrogen and oxygen atoms in total. The van der Waals surface area contributed by atoms with Crippen molar-refractivity contribution in [2.24, 2.45) is 0 Å². The van der Waals surface area contributed by atoms with Crippen LogP contribution in [0.1, 0.15) is 20.8 Å². The average Bonchev–Trinajstić information content (AvgIpc) is 2.31. The zero-order chi connectivity index (χ0) is 12.9. The summed E-state index contributed by atoms with van der Waals surface area (Å²) >= 11 is 0. The van der Waals surface area contributed by atoms with Crippen LogP contribution in [0, 0.1) is 0 Å². The second kappa shape index (κ2) is 5.77. The second-order valence-corrected chi connectivity index (χ2v) is 4.47. The van der Waals surface area contributed by atoms with Gasteiger partial charge >= 0.3 is 0 Å². The number of anilines is 2. The molecule has 1 aromatic carbocycles. The average molecular weight is 238 g/mol. The quantitative estimate of drug-likeness (QED) is 0.748. The van der Waals surface area contributed by atoms with Crippen LogP contribution in [-0.4, -0.2) is 25.9 Å². The summed E-state index contributed by atoms with van der Waals surface area (Å²) in [5, 5.41) is 3.27. The van der Waals surface area contributed by atoms with Crippen LogP contribution in [0.4, 0.5) is 11.4 Å². The number of benzene rings is 1. The summed E-state index contributed by atoms with van der Waals surface area (Å²) in [5.41, 5.74) is 7.30. The van der Waals surface area contributed by atoms with Crippen LogP contribution in [0.3, 0.4) is 0 Å². The molecule has 1 rings (SSSR count). The molecule has 3 N–H and O–H groups in total. The first-order valence-electron chi connectivity index (χ1n) is 5.80. The predicted octanol–water partition coefficient (Wildman–Crippen LogP) is 2.50. The summed E-state index contributed by atoms with van der Waals surface area (Å²) in [6, 6.07) is 5.72. The zero-order valence-electron chi connectivity index (χ0n) is 11.0. The lowest BCUT2D eigenvalue weighted by molar-refractivity contribution is 0.0344. The highest BCUT2D eigenvalue weighted by Gasteiger charge is 2.16. The molecule has 0 saturated carbocycles. The Kier molecular flexibility index (Phi) is 4.63. The normalized spacial score (nSPS) is 11.3. The summed E-state index contributed by atoms with van der Waals surface area (Å²) in [4.78, 5) is 0. The molecule has 4 heteroatoms. The van der Waals surface area contributed by atoms with E-state index in [0.717, 1.165) is 5.69 Å². The molecule has 0 unspecified atom stereocenters. The molecule has 0 fully saturated rings. The maximum Gasteiger partial charge on any atom is 0.144 e. The fraction of sp³-hybridized carbons (Fsp3) is 0.538. The van der Waals surface area contributed by atoms with E-state index in [1.807, 2.05) is 39.0 Å². The third kappa shape index (κ3) is 3.82. The van der Waals surface area contributed by atoms with Gasteiger partial charge in [0.25, 0.3) is 0 Å². The molecule has 0 aliphatic heterocycles. The van der Waals surface area contributed by atoms with Gasteiger partial charge in [0.15, 0.2) is 0 Å². The number of para-hydroxylation sites is 1. The van der Waals surface area contributed by atoms with Crippen molar-refractivity contribution < 1.29 is 9.47 Å². The summed E-state index contributed by atoms with van der Waals surface area (Å²) in [7, 11) is 1.70. The third-order valence-electron chi connectivity index (χ3n) is 2.62. The van der Waals surface area contributed by atoms with Crippen molar-refractivity contribution in [1.82, 2.24) is 0 Å². The Labute approximate surface area is 103 Å². The Morgan fingerprint density at radius 1 is 1.35 bits per heavy atom. The summed E-state index contributed by atoms with van der Waals surface area (Å²) in [5.74, 6) is 0.715. The topological polar surface area (TPSA) is 56.5 Å². The Morgan fingerprint density at radius 3 is 2.65 bits per heavy atom. The van der Waals surface area contributed by atoms with E-state index < -0.39 is 0 Å². The van der Waals surface area contributed by atoms with Crippen LogP contribution in [0.5, 0.6) is 5.75 Å². The van der Waals surface area contributed by atoms with Crippen molar-refractivity contribution >= 4 is 11.4 Å². The Hall–Kier alpha value is -1.42. The Morgan fingerprint density at radius 2 is 2.06 bits per heavy atom. The first kappa shape index (κ1) is 13.6. The van der Waals surface area contributed by atoms with Crippen LogP contribution in [0.15, 0.2) is 18.2 Å². The van der Waals surface area contributed by atoms with Gasteiger partial charge in [0, 0.05) is 13.7 Å². The van der Waals surface area contributed by atoms with Crippen LogP contribution in [0.2, 0.25) is 0 Å².